The van der Waals surface area contributed by atoms with Gasteiger partial charge in [0.15, 0.2) is 0 Å². The van der Waals surface area contributed by atoms with Crippen LogP contribution < -0.4 is 10.1 Å². The quantitative estimate of drug-likeness (QED) is 0.912. The van der Waals surface area contributed by atoms with Gasteiger partial charge in [0.2, 0.25) is 11.7 Å². The number of benzene rings is 1. The number of methoxy groups -OCH3 is 1. The molecule has 0 aliphatic carbocycles. The van der Waals surface area contributed by atoms with Crippen molar-refractivity contribution in [3.63, 3.8) is 0 Å². The second-order valence-corrected chi connectivity index (χ2v) is 5.92. The number of rotatable bonds is 5. The van der Waals surface area contributed by atoms with Gasteiger partial charge in [-0.25, -0.2) is 4.79 Å². The Kier molecular flexibility index (Phi) is 5.20. The molecule has 1 aromatic carbocycles. The van der Waals surface area contributed by atoms with Crippen LogP contribution in [-0.2, 0) is 11.2 Å². The van der Waals surface area contributed by atoms with Gasteiger partial charge < -0.3 is 19.3 Å². The summed E-state index contributed by atoms with van der Waals surface area (Å²) in [6.45, 7) is 5.79. The Hall–Kier alpha value is -2.57. The zero-order chi connectivity index (χ0) is 16.9. The molecule has 0 spiro atoms. The first-order chi connectivity index (χ1) is 10.9. The lowest BCUT2D eigenvalue weighted by Gasteiger charge is -2.19. The Morgan fingerprint density at radius 3 is 2.83 bits per heavy atom. The zero-order valence-corrected chi connectivity index (χ0v) is 13.8. The summed E-state index contributed by atoms with van der Waals surface area (Å²) in [7, 11) is 1.60. The molecule has 0 unspecified atom stereocenters. The summed E-state index contributed by atoms with van der Waals surface area (Å²) in [6.07, 6.45) is -0.0408. The molecule has 0 saturated carbocycles. The van der Waals surface area contributed by atoms with Crippen LogP contribution in [0, 0.1) is 0 Å². The SMILES string of the molecule is COc1cccc(-c2noc(CCNC(=O)OC(C)(C)C)n2)c1. The van der Waals surface area contributed by atoms with E-state index in [9.17, 15) is 4.79 Å². The van der Waals surface area contributed by atoms with E-state index in [-0.39, 0.29) is 0 Å². The van der Waals surface area contributed by atoms with Gasteiger partial charge >= 0.3 is 6.09 Å². The van der Waals surface area contributed by atoms with Crippen molar-refractivity contribution in [3.05, 3.63) is 30.2 Å². The molecule has 7 nitrogen and oxygen atoms in total. The fourth-order valence-corrected chi connectivity index (χ4v) is 1.82. The van der Waals surface area contributed by atoms with Gasteiger partial charge in [0, 0.05) is 18.5 Å². The van der Waals surface area contributed by atoms with Gasteiger partial charge in [-0.3, -0.25) is 0 Å². The topological polar surface area (TPSA) is 86.5 Å². The van der Waals surface area contributed by atoms with E-state index < -0.39 is 11.7 Å². The number of carbonyl (C=O) groups excluding carboxylic acids is 1. The minimum absolute atomic E-state index is 0.356. The van der Waals surface area contributed by atoms with E-state index in [2.05, 4.69) is 15.5 Å². The molecule has 1 aromatic heterocycles. The second-order valence-electron chi connectivity index (χ2n) is 5.92. The van der Waals surface area contributed by atoms with E-state index in [0.717, 1.165) is 11.3 Å². The van der Waals surface area contributed by atoms with Gasteiger partial charge in [-0.2, -0.15) is 4.98 Å². The minimum Gasteiger partial charge on any atom is -0.497 e. The van der Waals surface area contributed by atoms with Crippen LogP contribution in [0.1, 0.15) is 26.7 Å². The second kappa shape index (κ2) is 7.13. The Bertz CT molecular complexity index is 661. The molecule has 0 radical (unpaired) electrons. The summed E-state index contributed by atoms with van der Waals surface area (Å²) < 4.78 is 15.5. The van der Waals surface area contributed by atoms with Crippen molar-refractivity contribution >= 4 is 6.09 Å². The minimum atomic E-state index is -0.520. The van der Waals surface area contributed by atoms with Crippen LogP contribution >= 0.6 is 0 Å². The van der Waals surface area contributed by atoms with Crippen molar-refractivity contribution in [2.24, 2.45) is 0 Å². The Labute approximate surface area is 135 Å². The fourth-order valence-electron chi connectivity index (χ4n) is 1.82. The fraction of sp³-hybridized carbons (Fsp3) is 0.438. The van der Waals surface area contributed by atoms with E-state index in [0.29, 0.717) is 24.7 Å². The molecule has 1 heterocycles. The van der Waals surface area contributed by atoms with Crippen LogP contribution in [0.3, 0.4) is 0 Å². The molecule has 7 heteroatoms. The Morgan fingerprint density at radius 2 is 2.13 bits per heavy atom. The zero-order valence-electron chi connectivity index (χ0n) is 13.8. The molecule has 0 bridgehead atoms. The maximum Gasteiger partial charge on any atom is 0.407 e. The van der Waals surface area contributed by atoms with Gasteiger partial charge in [-0.15, -0.1) is 0 Å². The third-order valence-corrected chi connectivity index (χ3v) is 2.80. The molecule has 2 aromatic rings. The van der Waals surface area contributed by atoms with Gasteiger partial charge in [0.05, 0.1) is 7.11 Å². The highest BCUT2D eigenvalue weighted by atomic mass is 16.6. The van der Waals surface area contributed by atoms with Crippen LogP contribution in [0.2, 0.25) is 0 Å². The number of hydrogen-bond donors (Lipinski definition) is 1. The standard InChI is InChI=1S/C16H21N3O4/c1-16(2,3)22-15(20)17-9-8-13-18-14(19-23-13)11-6-5-7-12(10-11)21-4/h5-7,10H,8-9H2,1-4H3,(H,17,20). The average molecular weight is 319 g/mol. The summed E-state index contributed by atoms with van der Waals surface area (Å²) in [5.74, 6) is 1.65. The summed E-state index contributed by atoms with van der Waals surface area (Å²) in [5.41, 5.74) is 0.285. The molecule has 0 fully saturated rings. The molecular weight excluding hydrogens is 298 g/mol. The van der Waals surface area contributed by atoms with E-state index in [1.807, 2.05) is 45.0 Å². The lowest BCUT2D eigenvalue weighted by molar-refractivity contribution is 0.0527. The van der Waals surface area contributed by atoms with Gasteiger partial charge in [-0.1, -0.05) is 17.3 Å². The highest BCUT2D eigenvalue weighted by Crippen LogP contribution is 2.21. The Morgan fingerprint density at radius 1 is 1.35 bits per heavy atom. The molecule has 0 aliphatic heterocycles. The number of nitrogens with one attached hydrogen (secondary N) is 1. The molecule has 0 atom stereocenters. The van der Waals surface area contributed by atoms with Crippen LogP contribution in [0.5, 0.6) is 5.75 Å². The van der Waals surface area contributed by atoms with Crippen molar-refractivity contribution in [1.82, 2.24) is 15.5 Å². The molecule has 0 aliphatic rings. The lowest BCUT2D eigenvalue weighted by atomic mass is 10.2. The Balaban J connectivity index is 1.89. The maximum absolute atomic E-state index is 11.5. The van der Waals surface area contributed by atoms with Crippen molar-refractivity contribution in [1.29, 1.82) is 0 Å². The summed E-state index contributed by atoms with van der Waals surface area (Å²) >= 11 is 0. The molecular formula is C16H21N3O4. The lowest BCUT2D eigenvalue weighted by Crippen LogP contribution is -2.33. The first kappa shape index (κ1) is 16.8. The smallest absolute Gasteiger partial charge is 0.407 e. The number of alkyl carbamates (subject to hydrolysis) is 1. The molecule has 0 saturated heterocycles. The largest absolute Gasteiger partial charge is 0.497 e. The molecule has 1 N–H and O–H groups in total. The van der Waals surface area contributed by atoms with Crippen molar-refractivity contribution in [3.8, 4) is 17.1 Å². The molecule has 124 valence electrons. The van der Waals surface area contributed by atoms with E-state index in [1.165, 1.54) is 0 Å². The molecule has 2 rings (SSSR count). The number of carbonyl (C=O) groups is 1. The van der Waals surface area contributed by atoms with Crippen LogP contribution in [0.15, 0.2) is 28.8 Å². The molecule has 1 amide bonds. The number of amides is 1. The van der Waals surface area contributed by atoms with Crippen LogP contribution in [0.25, 0.3) is 11.4 Å². The number of aromatic nitrogens is 2. The van der Waals surface area contributed by atoms with E-state index in [4.69, 9.17) is 14.0 Å². The third-order valence-electron chi connectivity index (χ3n) is 2.80. The van der Waals surface area contributed by atoms with E-state index >= 15 is 0 Å². The first-order valence-electron chi connectivity index (χ1n) is 7.31. The highest BCUT2D eigenvalue weighted by molar-refractivity contribution is 5.67. The normalized spacial score (nSPS) is 11.1. The van der Waals surface area contributed by atoms with Crippen molar-refractivity contribution < 1.29 is 18.8 Å². The van der Waals surface area contributed by atoms with Crippen molar-refractivity contribution in [2.45, 2.75) is 32.8 Å². The third kappa shape index (κ3) is 5.28. The van der Waals surface area contributed by atoms with Gasteiger partial charge in [-0.05, 0) is 32.9 Å². The maximum atomic E-state index is 11.5. The predicted molar refractivity (Wildman–Crippen MR) is 84.2 cm³/mol. The number of hydrogen-bond acceptors (Lipinski definition) is 6. The monoisotopic (exact) mass is 319 g/mol. The van der Waals surface area contributed by atoms with Crippen LogP contribution in [0.4, 0.5) is 4.79 Å². The summed E-state index contributed by atoms with van der Waals surface area (Å²) in [4.78, 5) is 15.8. The van der Waals surface area contributed by atoms with Gasteiger partial charge in [0.1, 0.15) is 11.4 Å². The van der Waals surface area contributed by atoms with Crippen LogP contribution in [-0.4, -0.2) is 35.5 Å². The van der Waals surface area contributed by atoms with Crippen molar-refractivity contribution in [2.75, 3.05) is 13.7 Å². The average Bonchev–Trinajstić information content (AvgIpc) is 2.94. The van der Waals surface area contributed by atoms with E-state index in [1.54, 1.807) is 7.11 Å². The van der Waals surface area contributed by atoms with Gasteiger partial charge in [0.25, 0.3) is 0 Å². The first-order valence-corrected chi connectivity index (χ1v) is 7.31. The number of ether oxygens (including phenoxy) is 2. The number of nitrogens with zero attached hydrogens (tertiary/aromatic N) is 2. The predicted octanol–water partition coefficient (Wildman–Crippen LogP) is 2.81. The summed E-state index contributed by atoms with van der Waals surface area (Å²) in [6, 6.07) is 7.40. The summed E-state index contributed by atoms with van der Waals surface area (Å²) in [5, 5.41) is 6.58. The molecule has 23 heavy (non-hydrogen) atoms. The highest BCUT2D eigenvalue weighted by Gasteiger charge is 2.16.